The molecule has 0 saturated heterocycles. The fraction of sp³-hybridized carbons (Fsp3) is 1.00. The monoisotopic (exact) mass is 314 g/mol. The Hall–Kier alpha value is 0.274. The van der Waals surface area contributed by atoms with Gasteiger partial charge in [-0.1, -0.05) is 39.3 Å². The van der Waals surface area contributed by atoms with Crippen LogP contribution in [0.15, 0.2) is 0 Å². The van der Waals surface area contributed by atoms with Crippen molar-refractivity contribution in [3.63, 3.8) is 0 Å². The maximum atomic E-state index is 8.20. The number of rotatable bonds is 5. The third-order valence-corrected chi connectivity index (χ3v) is 0.667. The molecular weight excluding hydrogens is 276 g/mol. The number of hydrogen-bond donors (Lipinski definition) is 1. The summed E-state index contributed by atoms with van der Waals surface area (Å²) in [5.41, 5.74) is 0. The Morgan fingerprint density at radius 1 is 0.737 bits per heavy atom. The molecule has 0 rings (SSSR count). The number of hydrogen-bond acceptors (Lipinski definition) is 4. The molecule has 0 atom stereocenters. The zero-order valence-corrected chi connectivity index (χ0v) is 17.0. The Bertz CT molecular complexity index is 97.3. The maximum Gasteiger partial charge on any atom is 0.0701 e. The van der Waals surface area contributed by atoms with E-state index in [0.29, 0.717) is 19.8 Å². The van der Waals surface area contributed by atoms with Gasteiger partial charge in [0, 0.05) is 38.9 Å². The summed E-state index contributed by atoms with van der Waals surface area (Å²) >= 11 is 0. The van der Waals surface area contributed by atoms with Gasteiger partial charge in [0.1, 0.15) is 0 Å². The Morgan fingerprint density at radius 3 is 1.26 bits per heavy atom. The predicted molar refractivity (Wildman–Crippen MR) is 92.2 cm³/mol. The van der Waals surface area contributed by atoms with Crippen molar-refractivity contribution >= 4 is 17.6 Å². The van der Waals surface area contributed by atoms with Crippen molar-refractivity contribution in [2.75, 3.05) is 47.8 Å². The summed E-state index contributed by atoms with van der Waals surface area (Å²) in [6.07, 6.45) is 0. The zero-order chi connectivity index (χ0) is 16.1. The average molecular weight is 315 g/mol. The molecule has 0 amide bonds. The molecule has 0 spiro atoms. The fourth-order valence-corrected chi connectivity index (χ4v) is 0.309. The summed E-state index contributed by atoms with van der Waals surface area (Å²) in [7, 11) is 4.59. The van der Waals surface area contributed by atoms with Crippen molar-refractivity contribution < 1.29 is 19.3 Å². The lowest BCUT2D eigenvalue weighted by Crippen LogP contribution is -2.05. The van der Waals surface area contributed by atoms with Crippen LogP contribution in [0.2, 0.25) is 39.3 Å². The summed E-state index contributed by atoms with van der Waals surface area (Å²) in [5, 5.41) is 8.20. The minimum atomic E-state index is -0.139. The second kappa shape index (κ2) is 30.9. The Kier molecular flexibility index (Phi) is 44.9. The molecule has 19 heavy (non-hydrogen) atoms. The van der Waals surface area contributed by atoms with Crippen LogP contribution in [0.3, 0.4) is 0 Å². The second-order valence-corrected chi connectivity index (χ2v) is 12.1. The van der Waals surface area contributed by atoms with E-state index in [4.69, 9.17) is 9.84 Å². The van der Waals surface area contributed by atoms with Crippen LogP contribution in [0.1, 0.15) is 0 Å². The molecule has 4 nitrogen and oxygen atoms in total. The van der Waals surface area contributed by atoms with Crippen LogP contribution in [0.4, 0.5) is 0 Å². The summed E-state index contributed by atoms with van der Waals surface area (Å²) in [5.74, 6) is 0. The van der Waals surface area contributed by atoms with E-state index in [1.165, 1.54) is 0 Å². The molecule has 0 heterocycles. The molecule has 0 radical (unpaired) electrons. The van der Waals surface area contributed by atoms with Gasteiger partial charge < -0.3 is 19.3 Å². The zero-order valence-electron chi connectivity index (χ0n) is 14.7. The Balaban J connectivity index is -0.0000000871. The molecule has 0 aliphatic heterocycles. The van der Waals surface area contributed by atoms with Crippen LogP contribution in [-0.4, -0.2) is 70.5 Å². The number of methoxy groups -OCH3 is 2. The highest BCUT2D eigenvalue weighted by Crippen LogP contribution is 1.72. The highest BCUT2D eigenvalue weighted by molar-refractivity contribution is 6.54. The van der Waals surface area contributed by atoms with E-state index < -0.39 is 0 Å². The first-order valence-electron chi connectivity index (χ1n) is 6.87. The summed E-state index contributed by atoms with van der Waals surface area (Å²) in [4.78, 5) is 0. The van der Waals surface area contributed by atoms with Gasteiger partial charge in [0.05, 0.1) is 26.4 Å². The van der Waals surface area contributed by atoms with Gasteiger partial charge in [-0.05, 0) is 0 Å². The molecule has 0 bridgehead atoms. The van der Waals surface area contributed by atoms with E-state index in [1.54, 1.807) is 21.3 Å². The molecule has 0 saturated carbocycles. The lowest BCUT2D eigenvalue weighted by Gasteiger charge is -1.98. The molecule has 0 fully saturated rings. The smallest absolute Gasteiger partial charge is 0.0701 e. The number of ether oxygens (including phenoxy) is 3. The van der Waals surface area contributed by atoms with Crippen LogP contribution in [0.5, 0.6) is 0 Å². The van der Waals surface area contributed by atoms with E-state index in [-0.39, 0.29) is 24.2 Å². The normalized spacial score (nSPS) is 8.84. The molecule has 0 unspecified atom stereocenters. The van der Waals surface area contributed by atoms with Crippen LogP contribution in [-0.2, 0) is 14.2 Å². The fourth-order valence-electron chi connectivity index (χ4n) is 0.309. The van der Waals surface area contributed by atoms with Gasteiger partial charge in [0.2, 0.25) is 0 Å². The van der Waals surface area contributed by atoms with E-state index in [0.717, 1.165) is 0 Å². The van der Waals surface area contributed by atoms with Crippen molar-refractivity contribution in [2.45, 2.75) is 39.3 Å². The molecule has 0 aliphatic rings. The van der Waals surface area contributed by atoms with Crippen molar-refractivity contribution in [3.05, 3.63) is 0 Å². The van der Waals surface area contributed by atoms with E-state index in [1.807, 2.05) is 0 Å². The first-order valence-corrected chi connectivity index (χ1v) is 13.8. The first-order chi connectivity index (χ1) is 8.79. The van der Waals surface area contributed by atoms with Gasteiger partial charge >= 0.3 is 0 Å². The highest BCUT2D eigenvalue weighted by atomic mass is 28.3. The van der Waals surface area contributed by atoms with Crippen LogP contribution >= 0.6 is 0 Å². The minimum absolute atomic E-state index is 0.0870. The van der Waals surface area contributed by atoms with Gasteiger partial charge in [-0.25, -0.2) is 0 Å². The third kappa shape index (κ3) is 174. The molecular formula is C13H38O4Si2. The largest absolute Gasteiger partial charge is 0.394 e. The predicted octanol–water partition coefficient (Wildman–Crippen LogP) is 2.11. The molecule has 0 aliphatic carbocycles. The lowest BCUT2D eigenvalue weighted by atomic mass is 10.7. The van der Waals surface area contributed by atoms with Crippen LogP contribution < -0.4 is 0 Å². The van der Waals surface area contributed by atoms with E-state index >= 15 is 0 Å². The molecule has 1 N–H and O–H groups in total. The van der Waals surface area contributed by atoms with Crippen LogP contribution in [0, 0.1) is 0 Å². The second-order valence-electron chi connectivity index (χ2n) is 5.20. The topological polar surface area (TPSA) is 47.9 Å². The van der Waals surface area contributed by atoms with Gasteiger partial charge in [0.15, 0.2) is 0 Å². The SMILES string of the molecule is COC.COCCOCCO.C[SiH](C)C.C[SiH](C)C. The summed E-state index contributed by atoms with van der Waals surface area (Å²) in [6.45, 7) is 15.5. The molecule has 0 aromatic rings. The standard InChI is InChI=1S/C5H12O3.2C3H10Si.C2H6O/c1-7-4-5-8-3-2-6;2*1-4(2)3;1-3-2/h6H,2-5H2,1H3;2*4H,1-3H3;1-2H3. The van der Waals surface area contributed by atoms with Gasteiger partial charge in [-0.3, -0.25) is 0 Å². The molecule has 122 valence electrons. The highest BCUT2D eigenvalue weighted by Gasteiger charge is 1.82. The van der Waals surface area contributed by atoms with Crippen molar-refractivity contribution in [3.8, 4) is 0 Å². The Morgan fingerprint density at radius 2 is 1.05 bits per heavy atom. The number of aliphatic hydroxyl groups excluding tert-OH is 1. The third-order valence-electron chi connectivity index (χ3n) is 0.667. The molecule has 6 heteroatoms. The average Bonchev–Trinajstić information content (AvgIpc) is 2.24. The van der Waals surface area contributed by atoms with Crippen LogP contribution in [0.25, 0.3) is 0 Å². The summed E-state index contributed by atoms with van der Waals surface area (Å²) < 4.78 is 13.8. The van der Waals surface area contributed by atoms with Gasteiger partial charge in [0.25, 0.3) is 0 Å². The van der Waals surface area contributed by atoms with Crippen molar-refractivity contribution in [1.29, 1.82) is 0 Å². The number of aliphatic hydroxyl groups is 1. The minimum Gasteiger partial charge on any atom is -0.394 e. The van der Waals surface area contributed by atoms with Gasteiger partial charge in [-0.15, -0.1) is 0 Å². The van der Waals surface area contributed by atoms with E-state index in [2.05, 4.69) is 48.8 Å². The van der Waals surface area contributed by atoms with Crippen molar-refractivity contribution in [2.24, 2.45) is 0 Å². The van der Waals surface area contributed by atoms with Gasteiger partial charge in [-0.2, -0.15) is 0 Å². The first kappa shape index (κ1) is 27.6. The lowest BCUT2D eigenvalue weighted by molar-refractivity contribution is 0.0500. The van der Waals surface area contributed by atoms with Crippen molar-refractivity contribution in [1.82, 2.24) is 0 Å². The quantitative estimate of drug-likeness (QED) is 0.624. The van der Waals surface area contributed by atoms with E-state index in [9.17, 15) is 0 Å². The summed E-state index contributed by atoms with van der Waals surface area (Å²) in [6, 6.07) is 0. The molecule has 0 aromatic heterocycles. The maximum absolute atomic E-state index is 8.20. The molecule has 0 aromatic carbocycles. The Labute approximate surface area is 124 Å².